The lowest BCUT2D eigenvalue weighted by Crippen LogP contribution is -2.14. The van der Waals surface area contributed by atoms with Crippen molar-refractivity contribution in [1.29, 1.82) is 0 Å². The van der Waals surface area contributed by atoms with Crippen LogP contribution >= 0.6 is 0 Å². The van der Waals surface area contributed by atoms with Gasteiger partial charge in [0.25, 0.3) is 0 Å². The van der Waals surface area contributed by atoms with Crippen molar-refractivity contribution in [3.63, 3.8) is 0 Å². The Morgan fingerprint density at radius 1 is 0.667 bits per heavy atom. The largest absolute Gasteiger partial charge is 0.349 e. The van der Waals surface area contributed by atoms with E-state index in [1.165, 1.54) is 33.4 Å². The Kier molecular flexibility index (Phi) is 5.36. The van der Waals surface area contributed by atoms with Crippen LogP contribution < -0.4 is 0 Å². The van der Waals surface area contributed by atoms with Crippen LogP contribution in [-0.4, -0.2) is 13.2 Å². The van der Waals surface area contributed by atoms with Gasteiger partial charge in [-0.05, 0) is 76.3 Å². The summed E-state index contributed by atoms with van der Waals surface area (Å²) in [5, 5.41) is 0. The van der Waals surface area contributed by atoms with Crippen molar-refractivity contribution in [1.82, 2.24) is 0 Å². The van der Waals surface area contributed by atoms with Crippen molar-refractivity contribution in [2.75, 3.05) is 13.2 Å². The highest BCUT2D eigenvalue weighted by Gasteiger charge is 2.20. The minimum absolute atomic E-state index is 0.238. The maximum absolute atomic E-state index is 5.76. The SMILES string of the molecule is CCOC(OCC)c1c(C)c(C)c(C)c(C)c1C. The molecule has 0 N–H and O–H groups in total. The van der Waals surface area contributed by atoms with Gasteiger partial charge >= 0.3 is 0 Å². The first-order chi connectivity index (χ1) is 8.45. The van der Waals surface area contributed by atoms with E-state index in [0.717, 1.165) is 0 Å². The molecule has 2 heteroatoms. The first-order valence-corrected chi connectivity index (χ1v) is 6.75. The monoisotopic (exact) mass is 250 g/mol. The van der Waals surface area contributed by atoms with Gasteiger partial charge in [-0.15, -0.1) is 0 Å². The van der Waals surface area contributed by atoms with E-state index in [9.17, 15) is 0 Å². The number of rotatable bonds is 5. The number of benzene rings is 1. The molecular weight excluding hydrogens is 224 g/mol. The maximum Gasteiger partial charge on any atom is 0.184 e. The van der Waals surface area contributed by atoms with Gasteiger partial charge < -0.3 is 9.47 Å². The summed E-state index contributed by atoms with van der Waals surface area (Å²) in [4.78, 5) is 0. The van der Waals surface area contributed by atoms with Crippen LogP contribution in [0.25, 0.3) is 0 Å². The van der Waals surface area contributed by atoms with Crippen LogP contribution in [0.2, 0.25) is 0 Å². The maximum atomic E-state index is 5.76. The summed E-state index contributed by atoms with van der Waals surface area (Å²) in [7, 11) is 0. The Morgan fingerprint density at radius 3 is 1.33 bits per heavy atom. The zero-order valence-electron chi connectivity index (χ0n) is 12.8. The van der Waals surface area contributed by atoms with Crippen LogP contribution in [0.1, 0.15) is 53.5 Å². The molecule has 0 aromatic heterocycles. The van der Waals surface area contributed by atoms with Gasteiger partial charge in [0.1, 0.15) is 0 Å². The van der Waals surface area contributed by atoms with Gasteiger partial charge in [-0.25, -0.2) is 0 Å². The molecule has 1 aromatic rings. The van der Waals surface area contributed by atoms with Gasteiger partial charge in [0.15, 0.2) is 6.29 Å². The van der Waals surface area contributed by atoms with E-state index >= 15 is 0 Å². The summed E-state index contributed by atoms with van der Waals surface area (Å²) < 4.78 is 11.5. The lowest BCUT2D eigenvalue weighted by Gasteiger charge is -2.25. The summed E-state index contributed by atoms with van der Waals surface area (Å²) in [6.07, 6.45) is -0.238. The van der Waals surface area contributed by atoms with Gasteiger partial charge in [-0.3, -0.25) is 0 Å². The molecule has 0 unspecified atom stereocenters. The highest BCUT2D eigenvalue weighted by atomic mass is 16.7. The Bertz CT molecular complexity index is 387. The summed E-state index contributed by atoms with van der Waals surface area (Å²) in [5.74, 6) is 0. The molecule has 0 radical (unpaired) electrons. The average Bonchev–Trinajstić information content (AvgIpc) is 2.35. The summed E-state index contributed by atoms with van der Waals surface area (Å²) in [6.45, 7) is 16.2. The van der Waals surface area contributed by atoms with Gasteiger partial charge in [0.2, 0.25) is 0 Å². The predicted molar refractivity (Wildman–Crippen MR) is 76.1 cm³/mol. The fraction of sp³-hybridized carbons (Fsp3) is 0.625. The molecule has 0 aliphatic rings. The van der Waals surface area contributed by atoms with E-state index in [-0.39, 0.29) is 6.29 Å². The number of hydrogen-bond acceptors (Lipinski definition) is 2. The minimum atomic E-state index is -0.238. The zero-order chi connectivity index (χ0) is 13.9. The lowest BCUT2D eigenvalue weighted by atomic mass is 9.89. The second kappa shape index (κ2) is 6.35. The second-order valence-corrected chi connectivity index (χ2v) is 4.78. The molecule has 0 saturated heterocycles. The van der Waals surface area contributed by atoms with Gasteiger partial charge in [0.05, 0.1) is 0 Å². The van der Waals surface area contributed by atoms with E-state index in [1.807, 2.05) is 13.8 Å². The average molecular weight is 250 g/mol. The van der Waals surface area contributed by atoms with Crippen molar-refractivity contribution >= 4 is 0 Å². The van der Waals surface area contributed by atoms with Crippen molar-refractivity contribution in [2.24, 2.45) is 0 Å². The zero-order valence-corrected chi connectivity index (χ0v) is 12.8. The molecule has 2 nitrogen and oxygen atoms in total. The molecule has 0 amide bonds. The molecule has 0 aliphatic heterocycles. The predicted octanol–water partition coefficient (Wildman–Crippen LogP) is 4.30. The molecular formula is C16H26O2. The molecule has 0 spiro atoms. The van der Waals surface area contributed by atoms with Crippen LogP contribution in [0.5, 0.6) is 0 Å². The lowest BCUT2D eigenvalue weighted by molar-refractivity contribution is -0.140. The summed E-state index contributed by atoms with van der Waals surface area (Å²) in [5.41, 5.74) is 7.86. The van der Waals surface area contributed by atoms with Crippen LogP contribution in [0.15, 0.2) is 0 Å². The molecule has 1 aromatic carbocycles. The Morgan fingerprint density at radius 2 is 1.00 bits per heavy atom. The van der Waals surface area contributed by atoms with E-state index < -0.39 is 0 Å². The third kappa shape index (κ3) is 2.76. The minimum Gasteiger partial charge on any atom is -0.349 e. The molecule has 0 fully saturated rings. The molecule has 1 rings (SSSR count). The van der Waals surface area contributed by atoms with Gasteiger partial charge in [-0.1, -0.05) is 0 Å². The van der Waals surface area contributed by atoms with Gasteiger partial charge in [-0.2, -0.15) is 0 Å². The Labute approximate surface area is 111 Å². The molecule has 0 saturated carbocycles. The summed E-state index contributed by atoms with van der Waals surface area (Å²) >= 11 is 0. The van der Waals surface area contributed by atoms with Gasteiger partial charge in [0, 0.05) is 18.8 Å². The smallest absolute Gasteiger partial charge is 0.184 e. The molecule has 0 atom stereocenters. The molecule has 102 valence electrons. The van der Waals surface area contributed by atoms with Crippen molar-refractivity contribution in [3.05, 3.63) is 33.4 Å². The first kappa shape index (κ1) is 15.2. The molecule has 0 bridgehead atoms. The van der Waals surface area contributed by atoms with Crippen LogP contribution in [0.4, 0.5) is 0 Å². The third-order valence-corrected chi connectivity index (χ3v) is 3.93. The highest BCUT2D eigenvalue weighted by molar-refractivity contribution is 5.49. The molecule has 18 heavy (non-hydrogen) atoms. The Balaban J connectivity index is 3.37. The second-order valence-electron chi connectivity index (χ2n) is 4.78. The normalized spacial score (nSPS) is 11.3. The number of hydrogen-bond donors (Lipinski definition) is 0. The van der Waals surface area contributed by atoms with E-state index in [2.05, 4.69) is 34.6 Å². The van der Waals surface area contributed by atoms with E-state index in [0.29, 0.717) is 13.2 Å². The van der Waals surface area contributed by atoms with Crippen molar-refractivity contribution in [3.8, 4) is 0 Å². The van der Waals surface area contributed by atoms with Crippen molar-refractivity contribution in [2.45, 2.75) is 54.8 Å². The fourth-order valence-electron chi connectivity index (χ4n) is 2.40. The quantitative estimate of drug-likeness (QED) is 0.725. The fourth-order valence-corrected chi connectivity index (χ4v) is 2.40. The van der Waals surface area contributed by atoms with Crippen LogP contribution in [-0.2, 0) is 9.47 Å². The Hall–Kier alpha value is -0.860. The number of ether oxygens (including phenoxy) is 2. The molecule has 0 heterocycles. The third-order valence-electron chi connectivity index (χ3n) is 3.93. The highest BCUT2D eigenvalue weighted by Crippen LogP contribution is 2.32. The van der Waals surface area contributed by atoms with E-state index in [1.54, 1.807) is 0 Å². The summed E-state index contributed by atoms with van der Waals surface area (Å²) in [6, 6.07) is 0. The standard InChI is InChI=1S/C16H26O2/c1-8-17-16(18-9-2)15-13(6)11(4)10(3)12(5)14(15)7/h16H,8-9H2,1-7H3. The van der Waals surface area contributed by atoms with Crippen molar-refractivity contribution < 1.29 is 9.47 Å². The van der Waals surface area contributed by atoms with Crippen LogP contribution in [0.3, 0.4) is 0 Å². The van der Waals surface area contributed by atoms with Crippen LogP contribution in [0, 0.1) is 34.6 Å². The first-order valence-electron chi connectivity index (χ1n) is 6.75. The topological polar surface area (TPSA) is 18.5 Å². The molecule has 0 aliphatic carbocycles. The van der Waals surface area contributed by atoms with E-state index in [4.69, 9.17) is 9.47 Å².